The minimum atomic E-state index is -3.81. The Kier molecular flexibility index (Phi) is 5.42. The SMILES string of the molecule is C[C@@H](OC(=O)c1ccc(Br)o1)C(=O)Nc1ccc(S(N)(=O)=O)cc1. The number of carbonyl (C=O) groups is 2. The van der Waals surface area contributed by atoms with E-state index in [1.165, 1.54) is 43.3 Å². The molecule has 1 heterocycles. The van der Waals surface area contributed by atoms with Crippen LogP contribution in [-0.2, 0) is 19.6 Å². The zero-order valence-electron chi connectivity index (χ0n) is 12.4. The Morgan fingerprint density at radius 1 is 1.21 bits per heavy atom. The fraction of sp³-hybridized carbons (Fsp3) is 0.143. The highest BCUT2D eigenvalue weighted by molar-refractivity contribution is 9.10. The first-order chi connectivity index (χ1) is 11.2. The van der Waals surface area contributed by atoms with Crippen LogP contribution in [0.2, 0.25) is 0 Å². The number of amides is 1. The average molecular weight is 417 g/mol. The second kappa shape index (κ2) is 7.16. The standard InChI is InChI=1S/C14H13BrN2O6S/c1-8(22-14(19)11-6-7-12(15)23-11)13(18)17-9-2-4-10(5-3-9)24(16,20)21/h2-8H,1H3,(H,17,18)(H2,16,20,21)/t8-/m1/s1. The molecular weight excluding hydrogens is 404 g/mol. The summed E-state index contributed by atoms with van der Waals surface area (Å²) >= 11 is 3.05. The lowest BCUT2D eigenvalue weighted by Gasteiger charge is -2.12. The number of rotatable bonds is 5. The zero-order chi connectivity index (χ0) is 17.9. The first kappa shape index (κ1) is 18.2. The molecule has 2 rings (SSSR count). The van der Waals surface area contributed by atoms with Gasteiger partial charge in [0.2, 0.25) is 15.8 Å². The molecule has 1 aromatic carbocycles. The van der Waals surface area contributed by atoms with Gasteiger partial charge in [0.1, 0.15) is 0 Å². The number of hydrogen-bond donors (Lipinski definition) is 2. The number of ether oxygens (including phenoxy) is 1. The van der Waals surface area contributed by atoms with Crippen LogP contribution < -0.4 is 10.5 Å². The van der Waals surface area contributed by atoms with Gasteiger partial charge in [-0.3, -0.25) is 4.79 Å². The third-order valence-corrected chi connectivity index (χ3v) is 4.23. The molecule has 10 heteroatoms. The van der Waals surface area contributed by atoms with Crippen molar-refractivity contribution >= 4 is 43.5 Å². The van der Waals surface area contributed by atoms with Gasteiger partial charge in [-0.25, -0.2) is 18.4 Å². The fourth-order valence-electron chi connectivity index (χ4n) is 1.67. The zero-order valence-corrected chi connectivity index (χ0v) is 14.8. The minimum absolute atomic E-state index is 0.0426. The summed E-state index contributed by atoms with van der Waals surface area (Å²) < 4.78 is 32.7. The predicted octanol–water partition coefficient (Wildman–Crippen LogP) is 1.87. The highest BCUT2D eigenvalue weighted by Gasteiger charge is 2.21. The van der Waals surface area contributed by atoms with Crippen molar-refractivity contribution in [3.05, 3.63) is 46.8 Å². The molecule has 0 aliphatic carbocycles. The first-order valence-corrected chi connectivity index (χ1v) is 8.91. The van der Waals surface area contributed by atoms with E-state index in [1.54, 1.807) is 0 Å². The second-order valence-electron chi connectivity index (χ2n) is 4.71. The van der Waals surface area contributed by atoms with Crippen molar-refractivity contribution in [3.63, 3.8) is 0 Å². The molecular formula is C14H13BrN2O6S. The second-order valence-corrected chi connectivity index (χ2v) is 7.05. The number of primary sulfonamides is 1. The van der Waals surface area contributed by atoms with Gasteiger partial charge in [0.15, 0.2) is 10.8 Å². The van der Waals surface area contributed by atoms with Crippen LogP contribution in [0.15, 0.2) is 50.4 Å². The Bertz CT molecular complexity index is 860. The van der Waals surface area contributed by atoms with E-state index in [1.807, 2.05) is 0 Å². The highest BCUT2D eigenvalue weighted by Crippen LogP contribution is 2.16. The van der Waals surface area contributed by atoms with Crippen molar-refractivity contribution in [1.29, 1.82) is 0 Å². The summed E-state index contributed by atoms with van der Waals surface area (Å²) in [6.07, 6.45) is -1.08. The number of furan rings is 1. The van der Waals surface area contributed by atoms with Gasteiger partial charge in [0, 0.05) is 5.69 Å². The normalized spacial score (nSPS) is 12.5. The van der Waals surface area contributed by atoms with Gasteiger partial charge in [-0.15, -0.1) is 0 Å². The molecule has 0 radical (unpaired) electrons. The van der Waals surface area contributed by atoms with Crippen LogP contribution in [0.5, 0.6) is 0 Å². The maximum atomic E-state index is 12.0. The third kappa shape index (κ3) is 4.66. The van der Waals surface area contributed by atoms with Crippen molar-refractivity contribution in [1.82, 2.24) is 0 Å². The number of carbonyl (C=O) groups excluding carboxylic acids is 2. The lowest BCUT2D eigenvalue weighted by molar-refractivity contribution is -0.123. The molecule has 128 valence electrons. The fourth-order valence-corrected chi connectivity index (χ4v) is 2.49. The molecule has 0 aliphatic heterocycles. The minimum Gasteiger partial charge on any atom is -0.447 e. The number of halogens is 1. The monoisotopic (exact) mass is 416 g/mol. The summed E-state index contributed by atoms with van der Waals surface area (Å²) in [4.78, 5) is 23.7. The number of hydrogen-bond acceptors (Lipinski definition) is 6. The smallest absolute Gasteiger partial charge is 0.375 e. The van der Waals surface area contributed by atoms with E-state index in [0.29, 0.717) is 10.4 Å². The molecule has 2 aromatic rings. The van der Waals surface area contributed by atoms with Crippen molar-refractivity contribution < 1.29 is 27.2 Å². The molecule has 0 aliphatic rings. The van der Waals surface area contributed by atoms with E-state index >= 15 is 0 Å². The Morgan fingerprint density at radius 3 is 2.33 bits per heavy atom. The molecule has 8 nitrogen and oxygen atoms in total. The summed E-state index contributed by atoms with van der Waals surface area (Å²) in [6, 6.07) is 8.17. The summed E-state index contributed by atoms with van der Waals surface area (Å²) in [5.41, 5.74) is 0.330. The first-order valence-electron chi connectivity index (χ1n) is 6.57. The van der Waals surface area contributed by atoms with E-state index in [0.717, 1.165) is 0 Å². The Labute approximate surface area is 146 Å². The molecule has 0 fully saturated rings. The highest BCUT2D eigenvalue weighted by atomic mass is 79.9. The van der Waals surface area contributed by atoms with Crippen LogP contribution in [-0.4, -0.2) is 26.4 Å². The molecule has 0 saturated heterocycles. The van der Waals surface area contributed by atoms with Gasteiger partial charge in [-0.05, 0) is 59.3 Å². The Hall–Kier alpha value is -2.17. The van der Waals surface area contributed by atoms with Crippen LogP contribution in [0.1, 0.15) is 17.5 Å². The Balaban J connectivity index is 1.97. The number of sulfonamides is 1. The van der Waals surface area contributed by atoms with Crippen LogP contribution in [0.25, 0.3) is 0 Å². The van der Waals surface area contributed by atoms with Gasteiger partial charge in [0.25, 0.3) is 5.91 Å². The molecule has 0 saturated carbocycles. The predicted molar refractivity (Wildman–Crippen MR) is 87.7 cm³/mol. The van der Waals surface area contributed by atoms with E-state index in [-0.39, 0.29) is 10.7 Å². The summed E-state index contributed by atoms with van der Waals surface area (Å²) in [7, 11) is -3.81. The van der Waals surface area contributed by atoms with E-state index in [4.69, 9.17) is 14.3 Å². The summed E-state index contributed by atoms with van der Waals surface area (Å²) in [6.45, 7) is 1.39. The lowest BCUT2D eigenvalue weighted by Crippen LogP contribution is -2.29. The van der Waals surface area contributed by atoms with Gasteiger partial charge in [0.05, 0.1) is 4.90 Å². The summed E-state index contributed by atoms with van der Waals surface area (Å²) in [5, 5.41) is 7.47. The van der Waals surface area contributed by atoms with Crippen molar-refractivity contribution in [2.75, 3.05) is 5.32 Å². The molecule has 24 heavy (non-hydrogen) atoms. The van der Waals surface area contributed by atoms with E-state index in [2.05, 4.69) is 21.2 Å². The van der Waals surface area contributed by atoms with E-state index < -0.39 is 28.0 Å². The van der Waals surface area contributed by atoms with E-state index in [9.17, 15) is 18.0 Å². The van der Waals surface area contributed by atoms with Crippen LogP contribution >= 0.6 is 15.9 Å². The summed E-state index contributed by atoms with van der Waals surface area (Å²) in [5.74, 6) is -1.41. The maximum absolute atomic E-state index is 12.0. The number of esters is 1. The lowest BCUT2D eigenvalue weighted by atomic mass is 10.3. The number of benzene rings is 1. The van der Waals surface area contributed by atoms with Gasteiger partial charge >= 0.3 is 5.97 Å². The molecule has 1 aromatic heterocycles. The largest absolute Gasteiger partial charge is 0.447 e. The van der Waals surface area contributed by atoms with Gasteiger partial charge in [-0.1, -0.05) is 0 Å². The van der Waals surface area contributed by atoms with Crippen molar-refractivity contribution in [2.45, 2.75) is 17.9 Å². The molecule has 0 spiro atoms. The van der Waals surface area contributed by atoms with Crippen molar-refractivity contribution in [3.8, 4) is 0 Å². The maximum Gasteiger partial charge on any atom is 0.375 e. The van der Waals surface area contributed by atoms with Gasteiger partial charge in [-0.2, -0.15) is 0 Å². The topological polar surface area (TPSA) is 129 Å². The number of nitrogens with one attached hydrogen (secondary N) is 1. The quantitative estimate of drug-likeness (QED) is 0.715. The molecule has 0 bridgehead atoms. The van der Waals surface area contributed by atoms with Crippen LogP contribution in [0, 0.1) is 0 Å². The van der Waals surface area contributed by atoms with Crippen molar-refractivity contribution in [2.24, 2.45) is 5.14 Å². The average Bonchev–Trinajstić information content (AvgIpc) is 2.93. The third-order valence-electron chi connectivity index (χ3n) is 2.88. The van der Waals surface area contributed by atoms with Gasteiger partial charge < -0.3 is 14.5 Å². The van der Waals surface area contributed by atoms with Crippen LogP contribution in [0.3, 0.4) is 0 Å². The molecule has 0 unspecified atom stereocenters. The number of nitrogens with two attached hydrogens (primary N) is 1. The van der Waals surface area contributed by atoms with Crippen LogP contribution in [0.4, 0.5) is 5.69 Å². The molecule has 3 N–H and O–H groups in total. The molecule has 1 atom stereocenters. The number of anilines is 1. The molecule has 1 amide bonds. The Morgan fingerprint density at radius 2 is 1.83 bits per heavy atom.